The number of halogens is 1. The molecule has 6 nitrogen and oxygen atoms in total. The molecule has 146 valence electrons. The van der Waals surface area contributed by atoms with E-state index in [4.69, 9.17) is 9.15 Å². The number of rotatable bonds is 5. The fourth-order valence-corrected chi connectivity index (χ4v) is 3.33. The molecule has 4 aromatic rings. The maximum absolute atomic E-state index is 12.8. The van der Waals surface area contributed by atoms with Crippen LogP contribution in [0.3, 0.4) is 0 Å². The molecular formula is C22H18BrN3O3. The molecule has 2 heterocycles. The van der Waals surface area contributed by atoms with E-state index in [1.807, 2.05) is 43.3 Å². The van der Waals surface area contributed by atoms with Crippen LogP contribution in [0, 0.1) is 6.92 Å². The highest BCUT2D eigenvalue weighted by molar-refractivity contribution is 9.10. The van der Waals surface area contributed by atoms with Crippen molar-refractivity contribution in [1.82, 2.24) is 9.66 Å². The van der Waals surface area contributed by atoms with Gasteiger partial charge in [0.1, 0.15) is 23.1 Å². The SMILES string of the molecule is CCOc1ccc(-c2ccc(C=Nn3c(C)nc4ccc(Br)cc4c3=O)o2)cc1. The van der Waals surface area contributed by atoms with Crippen molar-refractivity contribution in [3.8, 4) is 17.1 Å². The molecule has 0 spiro atoms. The number of nitrogens with zero attached hydrogens (tertiary/aromatic N) is 3. The van der Waals surface area contributed by atoms with E-state index in [-0.39, 0.29) is 5.56 Å². The van der Waals surface area contributed by atoms with Gasteiger partial charge in [-0.15, -0.1) is 0 Å². The zero-order valence-corrected chi connectivity index (χ0v) is 17.5. The molecule has 0 aliphatic heterocycles. The molecule has 0 saturated carbocycles. The summed E-state index contributed by atoms with van der Waals surface area (Å²) in [7, 11) is 0. The van der Waals surface area contributed by atoms with Gasteiger partial charge in [-0.3, -0.25) is 4.79 Å². The Labute approximate surface area is 175 Å². The molecule has 2 aromatic heterocycles. The Morgan fingerprint density at radius 3 is 2.72 bits per heavy atom. The first kappa shape index (κ1) is 19.1. The summed E-state index contributed by atoms with van der Waals surface area (Å²) in [4.78, 5) is 17.2. The van der Waals surface area contributed by atoms with E-state index >= 15 is 0 Å². The predicted octanol–water partition coefficient (Wildman–Crippen LogP) is 5.01. The zero-order valence-electron chi connectivity index (χ0n) is 15.9. The standard InChI is InChI=1S/C22H18BrN3O3/c1-3-28-17-7-4-15(5-8-17)21-11-9-18(29-21)13-24-26-14(2)25-20-10-6-16(23)12-19(20)22(26)27/h4-13H,3H2,1-2H3. The second-order valence-corrected chi connectivity index (χ2v) is 7.26. The minimum Gasteiger partial charge on any atom is -0.494 e. The average Bonchev–Trinajstić information content (AvgIpc) is 3.18. The number of benzene rings is 2. The van der Waals surface area contributed by atoms with E-state index in [0.29, 0.717) is 34.9 Å². The third-order valence-electron chi connectivity index (χ3n) is 4.35. The highest BCUT2D eigenvalue weighted by Gasteiger charge is 2.09. The molecule has 0 fully saturated rings. The van der Waals surface area contributed by atoms with Crippen LogP contribution in [0.25, 0.3) is 22.2 Å². The Hall–Kier alpha value is -3.19. The zero-order chi connectivity index (χ0) is 20.4. The smallest absolute Gasteiger partial charge is 0.282 e. The fraction of sp³-hybridized carbons (Fsp3) is 0.136. The van der Waals surface area contributed by atoms with Gasteiger partial charge in [0.2, 0.25) is 0 Å². The van der Waals surface area contributed by atoms with Crippen LogP contribution in [0.4, 0.5) is 0 Å². The van der Waals surface area contributed by atoms with Crippen molar-refractivity contribution in [2.45, 2.75) is 13.8 Å². The summed E-state index contributed by atoms with van der Waals surface area (Å²) in [5, 5.41) is 4.79. The van der Waals surface area contributed by atoms with Gasteiger partial charge < -0.3 is 9.15 Å². The van der Waals surface area contributed by atoms with E-state index < -0.39 is 0 Å². The first-order valence-corrected chi connectivity index (χ1v) is 9.91. The van der Waals surface area contributed by atoms with Crippen LogP contribution in [0.1, 0.15) is 18.5 Å². The number of hydrogen-bond acceptors (Lipinski definition) is 5. The monoisotopic (exact) mass is 451 g/mol. The minimum atomic E-state index is -0.233. The van der Waals surface area contributed by atoms with Crippen LogP contribution >= 0.6 is 15.9 Å². The third kappa shape index (κ3) is 4.00. The number of hydrogen-bond donors (Lipinski definition) is 0. The Morgan fingerprint density at radius 2 is 1.97 bits per heavy atom. The van der Waals surface area contributed by atoms with Gasteiger partial charge in [0, 0.05) is 10.0 Å². The van der Waals surface area contributed by atoms with Gasteiger partial charge in [-0.25, -0.2) is 4.98 Å². The topological polar surface area (TPSA) is 69.6 Å². The summed E-state index contributed by atoms with van der Waals surface area (Å²) >= 11 is 3.39. The van der Waals surface area contributed by atoms with E-state index in [1.165, 1.54) is 10.9 Å². The maximum Gasteiger partial charge on any atom is 0.282 e. The van der Waals surface area contributed by atoms with Gasteiger partial charge in [-0.05, 0) is 68.4 Å². The molecule has 2 aromatic carbocycles. The second-order valence-electron chi connectivity index (χ2n) is 6.34. The largest absolute Gasteiger partial charge is 0.494 e. The number of fused-ring (bicyclic) bond motifs is 1. The van der Waals surface area contributed by atoms with Crippen molar-refractivity contribution in [2.24, 2.45) is 5.10 Å². The fourth-order valence-electron chi connectivity index (χ4n) is 2.97. The van der Waals surface area contributed by atoms with Gasteiger partial charge in [0.05, 0.1) is 23.7 Å². The predicted molar refractivity (Wildman–Crippen MR) is 117 cm³/mol. The van der Waals surface area contributed by atoms with E-state index in [2.05, 4.69) is 26.0 Å². The summed E-state index contributed by atoms with van der Waals surface area (Å²) in [6.45, 7) is 4.32. The van der Waals surface area contributed by atoms with E-state index in [1.54, 1.807) is 25.1 Å². The molecule has 4 rings (SSSR count). The van der Waals surface area contributed by atoms with Crippen molar-refractivity contribution in [3.05, 3.63) is 81.0 Å². The molecule has 0 atom stereocenters. The molecule has 0 aliphatic rings. The molecule has 0 amide bonds. The summed E-state index contributed by atoms with van der Waals surface area (Å²) in [6.07, 6.45) is 1.51. The lowest BCUT2D eigenvalue weighted by Gasteiger charge is -2.05. The summed E-state index contributed by atoms with van der Waals surface area (Å²) in [6, 6.07) is 16.7. The molecule has 0 bridgehead atoms. The average molecular weight is 452 g/mol. The molecule has 0 radical (unpaired) electrons. The van der Waals surface area contributed by atoms with Gasteiger partial charge in [-0.1, -0.05) is 15.9 Å². The Kier molecular flexibility index (Phi) is 5.31. The minimum absolute atomic E-state index is 0.233. The lowest BCUT2D eigenvalue weighted by atomic mass is 10.2. The molecule has 0 aliphatic carbocycles. The van der Waals surface area contributed by atoms with E-state index in [0.717, 1.165) is 15.8 Å². The number of ether oxygens (including phenoxy) is 1. The van der Waals surface area contributed by atoms with Gasteiger partial charge >= 0.3 is 0 Å². The van der Waals surface area contributed by atoms with Crippen molar-refractivity contribution >= 4 is 33.0 Å². The van der Waals surface area contributed by atoms with Crippen LogP contribution in [-0.4, -0.2) is 22.5 Å². The Balaban J connectivity index is 1.63. The normalized spacial score (nSPS) is 11.4. The van der Waals surface area contributed by atoms with Crippen LogP contribution in [0.15, 0.2) is 73.4 Å². The lowest BCUT2D eigenvalue weighted by molar-refractivity contribution is 0.340. The Morgan fingerprint density at radius 1 is 1.17 bits per heavy atom. The number of furan rings is 1. The summed E-state index contributed by atoms with van der Waals surface area (Å²) in [5.41, 5.74) is 1.33. The van der Waals surface area contributed by atoms with Crippen molar-refractivity contribution in [3.63, 3.8) is 0 Å². The third-order valence-corrected chi connectivity index (χ3v) is 4.84. The van der Waals surface area contributed by atoms with Gasteiger partial charge in [0.25, 0.3) is 5.56 Å². The maximum atomic E-state index is 12.8. The van der Waals surface area contributed by atoms with Crippen molar-refractivity contribution < 1.29 is 9.15 Å². The molecule has 0 N–H and O–H groups in total. The molecule has 0 saturated heterocycles. The summed E-state index contributed by atoms with van der Waals surface area (Å²) in [5.74, 6) is 2.56. The van der Waals surface area contributed by atoms with Crippen LogP contribution in [0.2, 0.25) is 0 Å². The first-order valence-electron chi connectivity index (χ1n) is 9.11. The van der Waals surface area contributed by atoms with E-state index in [9.17, 15) is 4.79 Å². The summed E-state index contributed by atoms with van der Waals surface area (Å²) < 4.78 is 13.4. The van der Waals surface area contributed by atoms with Crippen LogP contribution in [0.5, 0.6) is 5.75 Å². The first-order chi connectivity index (χ1) is 14.0. The van der Waals surface area contributed by atoms with Crippen molar-refractivity contribution in [1.29, 1.82) is 0 Å². The molecular weight excluding hydrogens is 434 g/mol. The molecule has 7 heteroatoms. The lowest BCUT2D eigenvalue weighted by Crippen LogP contribution is -2.20. The van der Waals surface area contributed by atoms with Gasteiger partial charge in [-0.2, -0.15) is 9.78 Å². The highest BCUT2D eigenvalue weighted by Crippen LogP contribution is 2.24. The Bertz CT molecular complexity index is 1260. The van der Waals surface area contributed by atoms with Crippen LogP contribution in [-0.2, 0) is 0 Å². The van der Waals surface area contributed by atoms with Crippen LogP contribution < -0.4 is 10.3 Å². The second kappa shape index (κ2) is 8.05. The highest BCUT2D eigenvalue weighted by atomic mass is 79.9. The number of aryl methyl sites for hydroxylation is 1. The quantitative estimate of drug-likeness (QED) is 0.400. The molecule has 29 heavy (non-hydrogen) atoms. The molecule has 0 unspecified atom stereocenters. The van der Waals surface area contributed by atoms with Crippen molar-refractivity contribution in [2.75, 3.05) is 6.61 Å². The van der Waals surface area contributed by atoms with Gasteiger partial charge in [0.15, 0.2) is 0 Å². The number of aromatic nitrogens is 2.